The van der Waals surface area contributed by atoms with Crippen LogP contribution in [0.15, 0.2) is 36.4 Å². The lowest BCUT2D eigenvalue weighted by Gasteiger charge is -2.15. The van der Waals surface area contributed by atoms with E-state index in [9.17, 15) is 4.79 Å². The molecule has 0 amide bonds. The number of nitrogens with zero attached hydrogens (tertiary/aromatic N) is 3. The van der Waals surface area contributed by atoms with Crippen LogP contribution in [0, 0.1) is 0 Å². The van der Waals surface area contributed by atoms with Crippen molar-refractivity contribution >= 4 is 86.2 Å². The smallest absolute Gasteiger partial charge is 0.250 e. The highest BCUT2D eigenvalue weighted by atomic mass is 35.6. The lowest BCUT2D eigenvalue weighted by Crippen LogP contribution is -2.20. The largest absolute Gasteiger partial charge is 0.496 e. The highest BCUT2D eigenvalue weighted by Crippen LogP contribution is 2.40. The minimum Gasteiger partial charge on any atom is -0.496 e. The summed E-state index contributed by atoms with van der Waals surface area (Å²) in [5.74, 6) is -0.961. The minimum atomic E-state index is -2.05. The molecular formula is C17H9Cl6N3O2. The first-order valence-electron chi connectivity index (χ1n) is 7.53. The van der Waals surface area contributed by atoms with E-state index in [-0.39, 0.29) is 17.5 Å². The molecule has 0 aliphatic heterocycles. The lowest BCUT2D eigenvalue weighted by molar-refractivity contribution is 0.103. The zero-order chi connectivity index (χ0) is 20.7. The van der Waals surface area contributed by atoms with Gasteiger partial charge in [-0.25, -0.2) is 15.0 Å². The summed E-state index contributed by atoms with van der Waals surface area (Å²) in [6, 6.07) is 10.4. The van der Waals surface area contributed by atoms with E-state index in [0.717, 1.165) is 5.39 Å². The number of halogens is 6. The molecule has 0 bridgehead atoms. The fraction of sp³-hybridized carbons (Fsp3) is 0.176. The molecule has 0 radical (unpaired) electrons. The van der Waals surface area contributed by atoms with Gasteiger partial charge in [0.05, 0.1) is 7.11 Å². The Kier molecular flexibility index (Phi) is 6.16. The number of fused-ring (bicyclic) bond motifs is 1. The van der Waals surface area contributed by atoms with Gasteiger partial charge in [0.2, 0.25) is 19.2 Å². The van der Waals surface area contributed by atoms with Gasteiger partial charge in [-0.2, -0.15) is 0 Å². The third-order valence-corrected chi connectivity index (χ3v) is 4.71. The molecule has 146 valence electrons. The number of carbonyl (C=O) groups excluding carboxylic acids is 1. The molecular weight excluding hydrogens is 491 g/mol. The van der Waals surface area contributed by atoms with Gasteiger partial charge in [0.1, 0.15) is 5.75 Å². The van der Waals surface area contributed by atoms with Gasteiger partial charge in [0, 0.05) is 10.9 Å². The van der Waals surface area contributed by atoms with E-state index >= 15 is 0 Å². The summed E-state index contributed by atoms with van der Waals surface area (Å²) in [5, 5.41) is 1.35. The van der Waals surface area contributed by atoms with Gasteiger partial charge < -0.3 is 4.74 Å². The Hall–Kier alpha value is -1.08. The van der Waals surface area contributed by atoms with Crippen molar-refractivity contribution in [2.24, 2.45) is 0 Å². The molecule has 0 unspecified atom stereocenters. The van der Waals surface area contributed by atoms with Crippen molar-refractivity contribution < 1.29 is 9.53 Å². The number of hydrogen-bond acceptors (Lipinski definition) is 5. The van der Waals surface area contributed by atoms with Crippen LogP contribution in [0.4, 0.5) is 0 Å². The van der Waals surface area contributed by atoms with Crippen molar-refractivity contribution in [3.8, 4) is 5.75 Å². The molecule has 5 nitrogen and oxygen atoms in total. The predicted octanol–water partition coefficient (Wildman–Crippen LogP) is 5.92. The first kappa shape index (κ1) is 21.6. The van der Waals surface area contributed by atoms with Crippen LogP contribution in [0.25, 0.3) is 10.8 Å². The van der Waals surface area contributed by atoms with Crippen LogP contribution in [0.2, 0.25) is 0 Å². The van der Waals surface area contributed by atoms with Crippen LogP contribution in [0.1, 0.15) is 27.8 Å². The fourth-order valence-electron chi connectivity index (χ4n) is 2.50. The van der Waals surface area contributed by atoms with Crippen LogP contribution in [-0.4, -0.2) is 27.8 Å². The van der Waals surface area contributed by atoms with Crippen molar-refractivity contribution in [1.29, 1.82) is 0 Å². The summed E-state index contributed by atoms with van der Waals surface area (Å²) in [5.41, 5.74) is 0.299. The van der Waals surface area contributed by atoms with E-state index in [1.807, 2.05) is 12.1 Å². The second kappa shape index (κ2) is 7.98. The Morgan fingerprint density at radius 3 is 1.86 bits per heavy atom. The molecule has 0 fully saturated rings. The van der Waals surface area contributed by atoms with E-state index in [1.165, 1.54) is 7.11 Å². The van der Waals surface area contributed by atoms with Gasteiger partial charge in [-0.15, -0.1) is 0 Å². The zero-order valence-electron chi connectivity index (χ0n) is 13.9. The summed E-state index contributed by atoms with van der Waals surface area (Å²) < 4.78 is 1.24. The van der Waals surface area contributed by atoms with Gasteiger partial charge >= 0.3 is 0 Å². The summed E-state index contributed by atoms with van der Waals surface area (Å²) >= 11 is 35.2. The second-order valence-corrected chi connectivity index (χ2v) is 10.1. The monoisotopic (exact) mass is 497 g/mol. The lowest BCUT2D eigenvalue weighted by atomic mass is 10.00. The molecule has 28 heavy (non-hydrogen) atoms. The highest BCUT2D eigenvalue weighted by molar-refractivity contribution is 6.67. The Bertz CT molecular complexity index is 1030. The quantitative estimate of drug-likeness (QED) is 0.330. The molecule has 3 rings (SSSR count). The number of benzene rings is 2. The van der Waals surface area contributed by atoms with E-state index in [0.29, 0.717) is 16.7 Å². The number of ketones is 1. The third-order valence-electron chi connectivity index (χ3n) is 3.69. The standard InChI is InChI=1S/C17H9Cl6N3O2/c1-28-11-7-6-10(8-4-2-3-5-9(8)11)12(27)13-24-14(16(18,19)20)26-15(25-13)17(21,22)23/h2-7H,1H3. The van der Waals surface area contributed by atoms with Crippen LogP contribution in [-0.2, 0) is 7.59 Å². The number of ether oxygens (including phenoxy) is 1. The summed E-state index contributed by atoms with van der Waals surface area (Å²) in [7, 11) is 1.54. The Labute approximate surface area is 189 Å². The number of carbonyl (C=O) groups is 1. The SMILES string of the molecule is COc1ccc(C(=O)c2nc(C(Cl)(Cl)Cl)nc(C(Cl)(Cl)Cl)n2)c2ccccc12. The molecule has 1 aromatic heterocycles. The molecule has 1 heterocycles. The van der Waals surface area contributed by atoms with Crippen molar-refractivity contribution in [3.05, 3.63) is 59.4 Å². The maximum atomic E-state index is 13.2. The summed E-state index contributed by atoms with van der Waals surface area (Å²) in [6.07, 6.45) is 0. The molecule has 2 aromatic carbocycles. The maximum absolute atomic E-state index is 13.2. The molecule has 0 aliphatic rings. The van der Waals surface area contributed by atoms with Crippen molar-refractivity contribution in [2.45, 2.75) is 7.59 Å². The summed E-state index contributed by atoms with van der Waals surface area (Å²) in [4.78, 5) is 25.0. The van der Waals surface area contributed by atoms with Crippen molar-refractivity contribution in [2.75, 3.05) is 7.11 Å². The molecule has 0 aliphatic carbocycles. The van der Waals surface area contributed by atoms with Crippen molar-refractivity contribution in [1.82, 2.24) is 15.0 Å². The topological polar surface area (TPSA) is 65.0 Å². The van der Waals surface area contributed by atoms with Crippen LogP contribution in [0.5, 0.6) is 5.75 Å². The van der Waals surface area contributed by atoms with E-state index in [1.54, 1.807) is 24.3 Å². The van der Waals surface area contributed by atoms with Gasteiger partial charge in [0.25, 0.3) is 0 Å². The van der Waals surface area contributed by atoms with E-state index in [4.69, 9.17) is 74.3 Å². The average molecular weight is 500 g/mol. The van der Waals surface area contributed by atoms with Crippen LogP contribution >= 0.6 is 69.6 Å². The van der Waals surface area contributed by atoms with Crippen LogP contribution < -0.4 is 4.74 Å². The van der Waals surface area contributed by atoms with Gasteiger partial charge in [-0.1, -0.05) is 93.9 Å². The van der Waals surface area contributed by atoms with Crippen LogP contribution in [0.3, 0.4) is 0 Å². The average Bonchev–Trinajstić information content (AvgIpc) is 2.64. The number of rotatable bonds is 3. The maximum Gasteiger partial charge on any atom is 0.250 e. The minimum absolute atomic E-state index is 0.299. The number of aromatic nitrogens is 3. The number of hydrogen-bond donors (Lipinski definition) is 0. The fourth-order valence-corrected chi connectivity index (χ4v) is 3.01. The first-order chi connectivity index (χ1) is 13.0. The van der Waals surface area contributed by atoms with Gasteiger partial charge in [-0.05, 0) is 17.5 Å². The van der Waals surface area contributed by atoms with E-state index in [2.05, 4.69) is 15.0 Å². The highest BCUT2D eigenvalue weighted by Gasteiger charge is 2.35. The zero-order valence-corrected chi connectivity index (χ0v) is 18.4. The summed E-state index contributed by atoms with van der Waals surface area (Å²) in [6.45, 7) is 0. The predicted molar refractivity (Wildman–Crippen MR) is 112 cm³/mol. The second-order valence-electron chi connectivity index (χ2n) is 5.49. The van der Waals surface area contributed by atoms with Gasteiger partial charge in [0.15, 0.2) is 11.6 Å². The number of methoxy groups -OCH3 is 1. The molecule has 0 spiro atoms. The van der Waals surface area contributed by atoms with Crippen molar-refractivity contribution in [3.63, 3.8) is 0 Å². The molecule has 3 aromatic rings. The third kappa shape index (κ3) is 4.40. The molecule has 0 saturated heterocycles. The normalized spacial score (nSPS) is 12.2. The molecule has 11 heteroatoms. The molecule has 0 N–H and O–H groups in total. The van der Waals surface area contributed by atoms with Gasteiger partial charge in [-0.3, -0.25) is 4.79 Å². The molecule has 0 atom stereocenters. The Morgan fingerprint density at radius 1 is 0.821 bits per heavy atom. The Morgan fingerprint density at radius 2 is 1.36 bits per heavy atom. The Balaban J connectivity index is 2.22. The van der Waals surface area contributed by atoms with E-state index < -0.39 is 13.4 Å². The first-order valence-corrected chi connectivity index (χ1v) is 9.80. The molecule has 0 saturated carbocycles. The number of alkyl halides is 6.